The van der Waals surface area contributed by atoms with Crippen molar-refractivity contribution in [1.29, 1.82) is 0 Å². The number of carbonyl (C=O) groups excluding carboxylic acids is 1. The molecule has 0 N–H and O–H groups in total. The molecule has 0 radical (unpaired) electrons. The van der Waals surface area contributed by atoms with Crippen molar-refractivity contribution in [1.82, 2.24) is 9.80 Å². The summed E-state index contributed by atoms with van der Waals surface area (Å²) in [6.45, 7) is 9.29. The molecule has 2 fully saturated rings. The number of amides is 1. The molecule has 1 amide bonds. The smallest absolute Gasteiger partial charge is 0.236 e. The monoisotopic (exact) mass is 240 g/mol. The van der Waals surface area contributed by atoms with E-state index in [-0.39, 0.29) is 6.10 Å². The quantitative estimate of drug-likeness (QED) is 0.721. The predicted octanol–water partition coefficient (Wildman–Crippen LogP) is 0.966. The Hall–Kier alpha value is -0.610. The van der Waals surface area contributed by atoms with Crippen LogP contribution in [0.25, 0.3) is 0 Å². The number of hydrogen-bond acceptors (Lipinski definition) is 3. The van der Waals surface area contributed by atoms with E-state index in [1.807, 2.05) is 4.90 Å². The van der Waals surface area contributed by atoms with Crippen molar-refractivity contribution in [2.75, 3.05) is 39.3 Å². The second kappa shape index (κ2) is 5.83. The van der Waals surface area contributed by atoms with Crippen LogP contribution in [0.1, 0.15) is 26.7 Å². The van der Waals surface area contributed by atoms with Gasteiger partial charge in [-0.25, -0.2) is 0 Å². The molecule has 17 heavy (non-hydrogen) atoms. The Balaban J connectivity index is 1.79. The molecule has 0 aliphatic carbocycles. The molecule has 0 spiro atoms. The van der Waals surface area contributed by atoms with Gasteiger partial charge in [0, 0.05) is 26.2 Å². The SMILES string of the molecule is CC1CCCN(C(=O)CN2CCOC(C)C2)C1. The number of rotatable bonds is 2. The number of nitrogens with zero attached hydrogens (tertiary/aromatic N) is 2. The van der Waals surface area contributed by atoms with Crippen LogP contribution in [0.4, 0.5) is 0 Å². The van der Waals surface area contributed by atoms with Crippen molar-refractivity contribution in [2.45, 2.75) is 32.8 Å². The van der Waals surface area contributed by atoms with Crippen molar-refractivity contribution < 1.29 is 9.53 Å². The van der Waals surface area contributed by atoms with Crippen LogP contribution in [-0.2, 0) is 9.53 Å². The number of piperidine rings is 1. The van der Waals surface area contributed by atoms with Gasteiger partial charge in [-0.15, -0.1) is 0 Å². The molecule has 4 nitrogen and oxygen atoms in total. The second-order valence-corrected chi connectivity index (χ2v) is 5.50. The number of hydrogen-bond donors (Lipinski definition) is 0. The largest absolute Gasteiger partial charge is 0.376 e. The maximum atomic E-state index is 12.2. The van der Waals surface area contributed by atoms with Crippen LogP contribution < -0.4 is 0 Å². The van der Waals surface area contributed by atoms with Gasteiger partial charge in [0.15, 0.2) is 0 Å². The van der Waals surface area contributed by atoms with Gasteiger partial charge in [-0.05, 0) is 25.7 Å². The van der Waals surface area contributed by atoms with E-state index in [1.165, 1.54) is 6.42 Å². The summed E-state index contributed by atoms with van der Waals surface area (Å²) in [6.07, 6.45) is 2.68. The number of carbonyl (C=O) groups is 1. The van der Waals surface area contributed by atoms with Gasteiger partial charge in [-0.3, -0.25) is 9.69 Å². The molecule has 2 aliphatic heterocycles. The Morgan fingerprint density at radius 3 is 2.82 bits per heavy atom. The molecule has 0 saturated carbocycles. The first-order valence-electron chi connectivity index (χ1n) is 6.77. The fraction of sp³-hybridized carbons (Fsp3) is 0.923. The number of likely N-dealkylation sites (tertiary alicyclic amines) is 1. The van der Waals surface area contributed by atoms with Crippen LogP contribution in [0.5, 0.6) is 0 Å². The van der Waals surface area contributed by atoms with Crippen molar-refractivity contribution in [3.63, 3.8) is 0 Å². The van der Waals surface area contributed by atoms with E-state index in [1.54, 1.807) is 0 Å². The van der Waals surface area contributed by atoms with E-state index in [0.29, 0.717) is 18.4 Å². The van der Waals surface area contributed by atoms with Gasteiger partial charge < -0.3 is 9.64 Å². The van der Waals surface area contributed by atoms with Gasteiger partial charge in [-0.1, -0.05) is 6.92 Å². The summed E-state index contributed by atoms with van der Waals surface area (Å²) in [5, 5.41) is 0. The molecule has 0 aromatic rings. The molecule has 2 atom stereocenters. The first kappa shape index (κ1) is 12.8. The Morgan fingerprint density at radius 1 is 1.29 bits per heavy atom. The zero-order valence-electron chi connectivity index (χ0n) is 11.0. The lowest BCUT2D eigenvalue weighted by Gasteiger charge is -2.35. The van der Waals surface area contributed by atoms with E-state index in [2.05, 4.69) is 18.7 Å². The normalized spacial score (nSPS) is 31.5. The highest BCUT2D eigenvalue weighted by Crippen LogP contribution is 2.16. The van der Waals surface area contributed by atoms with Gasteiger partial charge in [-0.2, -0.15) is 0 Å². The van der Waals surface area contributed by atoms with Crippen LogP contribution in [0.2, 0.25) is 0 Å². The number of ether oxygens (including phenoxy) is 1. The molecule has 98 valence electrons. The third-order valence-corrected chi connectivity index (χ3v) is 3.69. The molecule has 4 heteroatoms. The van der Waals surface area contributed by atoms with Crippen molar-refractivity contribution >= 4 is 5.91 Å². The topological polar surface area (TPSA) is 32.8 Å². The molecular weight excluding hydrogens is 216 g/mol. The molecule has 0 aromatic heterocycles. The lowest BCUT2D eigenvalue weighted by Crippen LogP contribution is -2.49. The van der Waals surface area contributed by atoms with Crippen LogP contribution in [0.3, 0.4) is 0 Å². The average Bonchev–Trinajstić information content (AvgIpc) is 2.29. The fourth-order valence-corrected chi connectivity index (χ4v) is 2.74. The van der Waals surface area contributed by atoms with Gasteiger partial charge in [0.1, 0.15) is 0 Å². The first-order valence-corrected chi connectivity index (χ1v) is 6.77. The average molecular weight is 240 g/mol. The van der Waals surface area contributed by atoms with Crippen LogP contribution in [0.15, 0.2) is 0 Å². The maximum Gasteiger partial charge on any atom is 0.236 e. The first-order chi connectivity index (χ1) is 8.15. The van der Waals surface area contributed by atoms with E-state index in [9.17, 15) is 4.79 Å². The zero-order valence-corrected chi connectivity index (χ0v) is 11.0. The zero-order chi connectivity index (χ0) is 12.3. The van der Waals surface area contributed by atoms with Crippen LogP contribution in [0, 0.1) is 5.92 Å². The van der Waals surface area contributed by atoms with E-state index >= 15 is 0 Å². The van der Waals surface area contributed by atoms with Gasteiger partial charge in [0.25, 0.3) is 0 Å². The van der Waals surface area contributed by atoms with E-state index < -0.39 is 0 Å². The van der Waals surface area contributed by atoms with Gasteiger partial charge in [0.2, 0.25) is 5.91 Å². The summed E-state index contributed by atoms with van der Waals surface area (Å²) in [7, 11) is 0. The summed E-state index contributed by atoms with van der Waals surface area (Å²) in [5.74, 6) is 0.960. The highest BCUT2D eigenvalue weighted by Gasteiger charge is 2.24. The minimum absolute atomic E-state index is 0.261. The second-order valence-electron chi connectivity index (χ2n) is 5.50. The molecule has 0 aromatic carbocycles. The van der Waals surface area contributed by atoms with Gasteiger partial charge in [0.05, 0.1) is 19.3 Å². The van der Waals surface area contributed by atoms with E-state index in [0.717, 1.165) is 39.2 Å². The molecule has 2 unspecified atom stereocenters. The maximum absolute atomic E-state index is 12.2. The summed E-state index contributed by atoms with van der Waals surface area (Å²) >= 11 is 0. The fourth-order valence-electron chi connectivity index (χ4n) is 2.74. The lowest BCUT2D eigenvalue weighted by molar-refractivity contribution is -0.135. The van der Waals surface area contributed by atoms with Crippen LogP contribution in [-0.4, -0.2) is 61.1 Å². The summed E-state index contributed by atoms with van der Waals surface area (Å²) in [5.41, 5.74) is 0. The third-order valence-electron chi connectivity index (χ3n) is 3.69. The molecule has 2 heterocycles. The summed E-state index contributed by atoms with van der Waals surface area (Å²) in [6, 6.07) is 0. The van der Waals surface area contributed by atoms with Crippen molar-refractivity contribution in [3.8, 4) is 0 Å². The summed E-state index contributed by atoms with van der Waals surface area (Å²) < 4.78 is 5.49. The Bertz CT molecular complexity index is 270. The molecule has 2 saturated heterocycles. The summed E-state index contributed by atoms with van der Waals surface area (Å²) in [4.78, 5) is 16.4. The van der Waals surface area contributed by atoms with Gasteiger partial charge >= 0.3 is 0 Å². The van der Waals surface area contributed by atoms with E-state index in [4.69, 9.17) is 4.74 Å². The Labute approximate surface area is 104 Å². The van der Waals surface area contributed by atoms with Crippen molar-refractivity contribution in [2.24, 2.45) is 5.92 Å². The minimum atomic E-state index is 0.261. The molecule has 2 rings (SSSR count). The molecular formula is C13H24N2O2. The molecule has 2 aliphatic rings. The third kappa shape index (κ3) is 3.68. The number of morpholine rings is 1. The highest BCUT2D eigenvalue weighted by atomic mass is 16.5. The predicted molar refractivity (Wildman–Crippen MR) is 66.8 cm³/mol. The lowest BCUT2D eigenvalue weighted by atomic mass is 10.0. The molecule has 0 bridgehead atoms. The highest BCUT2D eigenvalue weighted by molar-refractivity contribution is 5.78. The standard InChI is InChI=1S/C13H24N2O2/c1-11-4-3-5-15(8-11)13(16)10-14-6-7-17-12(2)9-14/h11-12H,3-10H2,1-2H3. The Morgan fingerprint density at radius 2 is 2.12 bits per heavy atom. The Kier molecular flexibility index (Phi) is 4.40. The minimum Gasteiger partial charge on any atom is -0.376 e. The van der Waals surface area contributed by atoms with Crippen LogP contribution >= 0.6 is 0 Å². The van der Waals surface area contributed by atoms with Crippen molar-refractivity contribution in [3.05, 3.63) is 0 Å².